The van der Waals surface area contributed by atoms with Gasteiger partial charge in [-0.05, 0) is 37.8 Å². The molecule has 1 aromatic rings. The number of aromatic nitrogens is 1. The molecule has 0 N–H and O–H groups in total. The third-order valence-electron chi connectivity index (χ3n) is 5.19. The van der Waals surface area contributed by atoms with E-state index in [-0.39, 0.29) is 5.91 Å². The van der Waals surface area contributed by atoms with Crippen molar-refractivity contribution in [1.29, 1.82) is 5.26 Å². The highest BCUT2D eigenvalue weighted by Crippen LogP contribution is 2.35. The molecule has 1 aromatic heterocycles. The van der Waals surface area contributed by atoms with Gasteiger partial charge in [-0.15, -0.1) is 0 Å². The molecule has 0 aromatic carbocycles. The Morgan fingerprint density at radius 3 is 2.67 bits per heavy atom. The van der Waals surface area contributed by atoms with Gasteiger partial charge in [-0.1, -0.05) is 11.6 Å². The first-order valence-electron chi connectivity index (χ1n) is 8.50. The van der Waals surface area contributed by atoms with Crippen LogP contribution in [0.5, 0.6) is 0 Å². The largest absolute Gasteiger partial charge is 0.381 e. The first-order valence-corrected chi connectivity index (χ1v) is 8.88. The van der Waals surface area contributed by atoms with E-state index in [2.05, 4.69) is 11.1 Å². The Morgan fingerprint density at radius 2 is 2.08 bits per heavy atom. The monoisotopic (exact) mass is 347 g/mol. The van der Waals surface area contributed by atoms with E-state index in [9.17, 15) is 10.1 Å². The van der Waals surface area contributed by atoms with Gasteiger partial charge in [-0.2, -0.15) is 5.26 Å². The molecule has 2 saturated heterocycles. The maximum Gasteiger partial charge on any atom is 0.224 e. The van der Waals surface area contributed by atoms with Crippen molar-refractivity contribution in [2.45, 2.75) is 38.0 Å². The molecule has 5 nitrogen and oxygen atoms in total. The number of pyridine rings is 1. The number of amides is 1. The van der Waals surface area contributed by atoms with Gasteiger partial charge in [-0.3, -0.25) is 9.78 Å². The second-order valence-electron chi connectivity index (χ2n) is 6.74. The minimum atomic E-state index is -0.538. The summed E-state index contributed by atoms with van der Waals surface area (Å²) in [5.74, 6) is 0.472. The third-order valence-corrected chi connectivity index (χ3v) is 5.42. The molecule has 0 bridgehead atoms. The number of rotatable bonds is 3. The second kappa shape index (κ2) is 7.50. The minimum Gasteiger partial charge on any atom is -0.381 e. The van der Waals surface area contributed by atoms with E-state index in [0.717, 1.165) is 31.6 Å². The number of carbonyl (C=O) groups is 1. The number of nitriles is 1. The molecule has 6 heteroatoms. The van der Waals surface area contributed by atoms with Crippen molar-refractivity contribution in [2.75, 3.05) is 26.3 Å². The van der Waals surface area contributed by atoms with Crippen LogP contribution in [0, 0.1) is 16.7 Å². The van der Waals surface area contributed by atoms with Gasteiger partial charge in [0.05, 0.1) is 16.5 Å². The van der Waals surface area contributed by atoms with Crippen molar-refractivity contribution in [3.8, 4) is 6.07 Å². The van der Waals surface area contributed by atoms with Gasteiger partial charge in [0.15, 0.2) is 0 Å². The van der Waals surface area contributed by atoms with E-state index in [4.69, 9.17) is 16.3 Å². The molecular weight excluding hydrogens is 326 g/mol. The zero-order valence-electron chi connectivity index (χ0n) is 13.7. The highest BCUT2D eigenvalue weighted by Gasteiger charge is 2.37. The van der Waals surface area contributed by atoms with Crippen molar-refractivity contribution >= 4 is 17.5 Å². The van der Waals surface area contributed by atoms with Crippen LogP contribution in [0.15, 0.2) is 18.3 Å². The predicted molar refractivity (Wildman–Crippen MR) is 90.5 cm³/mol. The lowest BCUT2D eigenvalue weighted by molar-refractivity contribution is -0.135. The van der Waals surface area contributed by atoms with Gasteiger partial charge in [0.2, 0.25) is 5.91 Å². The lowest BCUT2D eigenvalue weighted by atomic mass is 9.78. The Labute approximate surface area is 147 Å². The Bertz CT molecular complexity index is 612. The molecule has 0 spiro atoms. The zero-order valence-corrected chi connectivity index (χ0v) is 14.5. The third kappa shape index (κ3) is 3.88. The average Bonchev–Trinajstić information content (AvgIpc) is 2.63. The summed E-state index contributed by atoms with van der Waals surface area (Å²) in [7, 11) is 0. The molecule has 128 valence electrons. The topological polar surface area (TPSA) is 66.2 Å². The van der Waals surface area contributed by atoms with Gasteiger partial charge < -0.3 is 9.64 Å². The molecule has 1 amide bonds. The molecule has 3 rings (SSSR count). The lowest BCUT2D eigenvalue weighted by Gasteiger charge is -2.35. The van der Waals surface area contributed by atoms with E-state index in [1.165, 1.54) is 0 Å². The molecule has 2 fully saturated rings. The van der Waals surface area contributed by atoms with Crippen molar-refractivity contribution in [3.05, 3.63) is 29.0 Å². The smallest absolute Gasteiger partial charge is 0.224 e. The van der Waals surface area contributed by atoms with E-state index < -0.39 is 5.41 Å². The van der Waals surface area contributed by atoms with Crippen LogP contribution in [0.1, 0.15) is 43.7 Å². The van der Waals surface area contributed by atoms with Crippen LogP contribution >= 0.6 is 11.6 Å². The fourth-order valence-corrected chi connectivity index (χ4v) is 3.66. The molecule has 0 radical (unpaired) electrons. The van der Waals surface area contributed by atoms with Crippen LogP contribution in [0.25, 0.3) is 0 Å². The fraction of sp³-hybridized carbons (Fsp3) is 0.611. The van der Waals surface area contributed by atoms with Crippen LogP contribution in [0.4, 0.5) is 0 Å². The van der Waals surface area contributed by atoms with Gasteiger partial charge in [0.1, 0.15) is 0 Å². The van der Waals surface area contributed by atoms with Gasteiger partial charge in [0, 0.05) is 50.5 Å². The maximum atomic E-state index is 12.6. The molecule has 2 aliphatic heterocycles. The summed E-state index contributed by atoms with van der Waals surface area (Å²) >= 11 is 5.88. The highest BCUT2D eigenvalue weighted by atomic mass is 35.5. The predicted octanol–water partition coefficient (Wildman–Crippen LogP) is 3.15. The number of nitrogens with zero attached hydrogens (tertiary/aromatic N) is 3. The van der Waals surface area contributed by atoms with Crippen LogP contribution in [-0.4, -0.2) is 42.1 Å². The average molecular weight is 348 g/mol. The van der Waals surface area contributed by atoms with Gasteiger partial charge >= 0.3 is 0 Å². The van der Waals surface area contributed by atoms with E-state index >= 15 is 0 Å². The lowest BCUT2D eigenvalue weighted by Crippen LogP contribution is -2.41. The van der Waals surface area contributed by atoms with E-state index in [1.54, 1.807) is 6.20 Å². The van der Waals surface area contributed by atoms with Crippen LogP contribution in [0.3, 0.4) is 0 Å². The molecule has 3 heterocycles. The second-order valence-corrected chi connectivity index (χ2v) is 7.17. The van der Waals surface area contributed by atoms with Crippen LogP contribution < -0.4 is 0 Å². The van der Waals surface area contributed by atoms with Crippen molar-refractivity contribution < 1.29 is 9.53 Å². The summed E-state index contributed by atoms with van der Waals surface area (Å²) in [5.41, 5.74) is 0.508. The first-order chi connectivity index (χ1) is 11.6. The Balaban J connectivity index is 1.55. The summed E-state index contributed by atoms with van der Waals surface area (Å²) in [5, 5.41) is 10.1. The molecule has 0 unspecified atom stereocenters. The summed E-state index contributed by atoms with van der Waals surface area (Å²) in [4.78, 5) is 18.9. The van der Waals surface area contributed by atoms with Crippen LogP contribution in [0.2, 0.25) is 5.02 Å². The number of piperidine rings is 1. The van der Waals surface area contributed by atoms with Gasteiger partial charge in [0.25, 0.3) is 0 Å². The normalized spacial score (nSPS) is 21.2. The number of likely N-dealkylation sites (tertiary alicyclic amines) is 1. The number of hydrogen-bond acceptors (Lipinski definition) is 4. The van der Waals surface area contributed by atoms with Crippen molar-refractivity contribution in [1.82, 2.24) is 9.88 Å². The summed E-state index contributed by atoms with van der Waals surface area (Å²) in [6.07, 6.45) is 5.11. The Morgan fingerprint density at radius 1 is 1.38 bits per heavy atom. The molecule has 2 aliphatic rings. The van der Waals surface area contributed by atoms with Crippen molar-refractivity contribution in [3.63, 3.8) is 0 Å². The quantitative estimate of drug-likeness (QED) is 0.842. The minimum absolute atomic E-state index is 0.0981. The Kier molecular flexibility index (Phi) is 5.37. The number of halogens is 1. The zero-order chi connectivity index (χ0) is 17.0. The standard InChI is InChI=1S/C18H22ClN3O2/c19-15-1-2-16(21-12-15)14-3-7-22(8-4-14)17(23)11-18(13-20)5-9-24-10-6-18/h1-2,12,14H,3-11H2. The molecule has 0 atom stereocenters. The maximum absolute atomic E-state index is 12.6. The number of carbonyl (C=O) groups excluding carboxylic acids is 1. The van der Waals surface area contributed by atoms with E-state index in [0.29, 0.717) is 43.4 Å². The highest BCUT2D eigenvalue weighted by molar-refractivity contribution is 6.30. The van der Waals surface area contributed by atoms with E-state index in [1.807, 2.05) is 17.0 Å². The molecule has 24 heavy (non-hydrogen) atoms. The number of hydrogen-bond donors (Lipinski definition) is 0. The summed E-state index contributed by atoms with van der Waals surface area (Å²) in [6.45, 7) is 2.61. The van der Waals surface area contributed by atoms with Crippen LogP contribution in [-0.2, 0) is 9.53 Å². The molecular formula is C18H22ClN3O2. The Hall–Kier alpha value is -1.64. The fourth-order valence-electron chi connectivity index (χ4n) is 3.54. The first kappa shape index (κ1) is 17.2. The molecule has 0 saturated carbocycles. The summed E-state index contributed by atoms with van der Waals surface area (Å²) in [6, 6.07) is 6.21. The summed E-state index contributed by atoms with van der Waals surface area (Å²) < 4.78 is 5.33. The van der Waals surface area contributed by atoms with Gasteiger partial charge in [-0.25, -0.2) is 0 Å². The number of ether oxygens (including phenoxy) is 1. The molecule has 0 aliphatic carbocycles. The SMILES string of the molecule is N#CC1(CC(=O)N2CCC(c3ccc(Cl)cn3)CC2)CCOCC1. The van der Waals surface area contributed by atoms with Crippen molar-refractivity contribution in [2.24, 2.45) is 5.41 Å².